The summed E-state index contributed by atoms with van der Waals surface area (Å²) in [4.78, 5) is 12.0. The van der Waals surface area contributed by atoms with Crippen LogP contribution in [0.5, 0.6) is 0 Å². The van der Waals surface area contributed by atoms with E-state index in [1.807, 2.05) is 6.08 Å². The van der Waals surface area contributed by atoms with E-state index in [1.165, 1.54) is 33.2 Å². The highest BCUT2D eigenvalue weighted by atomic mass is 32.1. The molecule has 0 atom stereocenters. The minimum Gasteiger partial charge on any atom is -0.478 e. The van der Waals surface area contributed by atoms with Crippen LogP contribution in [0.3, 0.4) is 0 Å². The summed E-state index contributed by atoms with van der Waals surface area (Å²) in [5, 5.41) is 11.5. The second-order valence-electron chi connectivity index (χ2n) is 14.2. The van der Waals surface area contributed by atoms with Gasteiger partial charge in [0.05, 0.1) is 11.2 Å². The van der Waals surface area contributed by atoms with E-state index in [9.17, 15) is 4.79 Å². The van der Waals surface area contributed by atoms with Gasteiger partial charge < -0.3 is 14.0 Å². The van der Waals surface area contributed by atoms with E-state index in [4.69, 9.17) is 14.0 Å². The number of benzene rings is 1. The standard InChI is InChI=1S/C33H52O4SSi2/c1-12-25(14-13-15-29(34)35)28-21-24(22-38-28)17-16-23-18-19-26(32(8,9)36-39-30(2,3)4)27(20-23)33(10,11)37-40-31(5,6)7/h13-15,18-22H,12,16-17,39-40H2,1-11H3,(H,34,35). The number of carbonyl (C=O) groups is 1. The normalized spacial score (nSPS) is 14.4. The van der Waals surface area contributed by atoms with Crippen molar-refractivity contribution in [2.24, 2.45) is 0 Å². The summed E-state index contributed by atoms with van der Waals surface area (Å²) in [5.41, 5.74) is 5.46. The maximum absolute atomic E-state index is 10.8. The molecule has 0 saturated heterocycles. The molecule has 222 valence electrons. The van der Waals surface area contributed by atoms with Gasteiger partial charge in [-0.3, -0.25) is 0 Å². The third-order valence-electron chi connectivity index (χ3n) is 6.70. The zero-order valence-corrected chi connectivity index (χ0v) is 30.4. The Hall–Kier alpha value is -1.78. The van der Waals surface area contributed by atoms with E-state index < -0.39 is 31.1 Å². The van der Waals surface area contributed by atoms with Gasteiger partial charge in [0.25, 0.3) is 0 Å². The molecule has 0 aliphatic rings. The molecule has 0 bridgehead atoms. The van der Waals surface area contributed by atoms with Crippen molar-refractivity contribution in [2.45, 2.75) is 117 Å². The second kappa shape index (κ2) is 13.9. The summed E-state index contributed by atoms with van der Waals surface area (Å²) in [6.45, 7) is 24.6. The molecule has 1 heterocycles. The lowest BCUT2D eigenvalue weighted by Crippen LogP contribution is -2.34. The van der Waals surface area contributed by atoms with E-state index in [-0.39, 0.29) is 15.7 Å². The highest BCUT2D eigenvalue weighted by Gasteiger charge is 2.33. The highest BCUT2D eigenvalue weighted by molar-refractivity contribution is 7.11. The van der Waals surface area contributed by atoms with Crippen LogP contribution in [0.1, 0.15) is 110 Å². The molecule has 0 aliphatic heterocycles. The molecule has 1 aromatic carbocycles. The van der Waals surface area contributed by atoms with Crippen molar-refractivity contribution in [3.63, 3.8) is 0 Å². The fourth-order valence-electron chi connectivity index (χ4n) is 4.30. The topological polar surface area (TPSA) is 55.8 Å². The van der Waals surface area contributed by atoms with Crippen LogP contribution in [0.4, 0.5) is 0 Å². The van der Waals surface area contributed by atoms with Crippen LogP contribution in [0.15, 0.2) is 47.9 Å². The average Bonchev–Trinajstić information content (AvgIpc) is 3.31. The van der Waals surface area contributed by atoms with Gasteiger partial charge in [0, 0.05) is 11.0 Å². The molecule has 40 heavy (non-hydrogen) atoms. The number of thiophene rings is 1. The van der Waals surface area contributed by atoms with Crippen molar-refractivity contribution < 1.29 is 18.8 Å². The Morgan fingerprint density at radius 1 is 0.850 bits per heavy atom. The molecule has 4 nitrogen and oxygen atoms in total. The Balaban J connectivity index is 2.34. The Kier molecular flexibility index (Phi) is 12.0. The van der Waals surface area contributed by atoms with E-state index >= 15 is 0 Å². The fourth-order valence-corrected chi connectivity index (χ4v) is 7.25. The predicted molar refractivity (Wildman–Crippen MR) is 178 cm³/mol. The van der Waals surface area contributed by atoms with Crippen molar-refractivity contribution in [1.29, 1.82) is 0 Å². The Labute approximate surface area is 252 Å². The first kappa shape index (κ1) is 34.4. The molecule has 7 heteroatoms. The highest BCUT2D eigenvalue weighted by Crippen LogP contribution is 2.39. The van der Waals surface area contributed by atoms with Gasteiger partial charge in [-0.15, -0.1) is 11.3 Å². The lowest BCUT2D eigenvalue weighted by Gasteiger charge is -2.38. The summed E-state index contributed by atoms with van der Waals surface area (Å²) in [5.74, 6) is -0.926. The summed E-state index contributed by atoms with van der Waals surface area (Å²) in [6, 6.07) is 9.15. The van der Waals surface area contributed by atoms with Gasteiger partial charge in [-0.2, -0.15) is 0 Å². The molecule has 0 saturated carbocycles. The Bertz CT molecular complexity index is 1190. The Morgan fingerprint density at radius 3 is 1.93 bits per heavy atom. The minimum atomic E-state index is -0.926. The smallest absolute Gasteiger partial charge is 0.328 e. The van der Waals surface area contributed by atoms with Gasteiger partial charge in [-0.05, 0) is 96.3 Å². The van der Waals surface area contributed by atoms with Crippen LogP contribution in [-0.2, 0) is 37.7 Å². The van der Waals surface area contributed by atoms with Crippen molar-refractivity contribution in [3.8, 4) is 0 Å². The van der Waals surface area contributed by atoms with Gasteiger partial charge in [-0.1, -0.05) is 78.8 Å². The molecule has 0 aliphatic carbocycles. The van der Waals surface area contributed by atoms with Crippen molar-refractivity contribution in [3.05, 3.63) is 75.0 Å². The maximum atomic E-state index is 10.8. The molecule has 1 aromatic heterocycles. The van der Waals surface area contributed by atoms with Crippen LogP contribution in [0, 0.1) is 0 Å². The molecular weight excluding hydrogens is 549 g/mol. The number of aliphatic carboxylic acids is 1. The van der Waals surface area contributed by atoms with Crippen LogP contribution in [0.25, 0.3) is 5.57 Å². The third kappa shape index (κ3) is 11.2. The molecule has 1 N–H and O–H groups in total. The van der Waals surface area contributed by atoms with Gasteiger partial charge in [0.1, 0.15) is 0 Å². The van der Waals surface area contributed by atoms with E-state index in [1.54, 1.807) is 17.4 Å². The van der Waals surface area contributed by atoms with Gasteiger partial charge in [-0.25, -0.2) is 4.79 Å². The number of allylic oxidation sites excluding steroid dienone is 3. The van der Waals surface area contributed by atoms with Crippen LogP contribution in [0.2, 0.25) is 10.1 Å². The molecule has 0 amide bonds. The van der Waals surface area contributed by atoms with Gasteiger partial charge in [0.2, 0.25) is 0 Å². The molecule has 0 fully saturated rings. The number of aryl methyl sites for hydroxylation is 2. The maximum Gasteiger partial charge on any atom is 0.328 e. The molecule has 0 unspecified atom stereocenters. The SMILES string of the molecule is CCC(=CC=CC(=O)O)c1cc(CCc2ccc(C(C)(C)O[SiH2]C(C)(C)C)c(C(C)(C)O[SiH2]C(C)(C)C)c2)cs1. The monoisotopic (exact) mass is 600 g/mol. The largest absolute Gasteiger partial charge is 0.478 e. The molecular formula is C33H52O4SSi2. The summed E-state index contributed by atoms with van der Waals surface area (Å²) >= 11 is 1.73. The number of carboxylic acids is 1. The van der Waals surface area contributed by atoms with Gasteiger partial charge >= 0.3 is 5.97 Å². The van der Waals surface area contributed by atoms with Crippen LogP contribution >= 0.6 is 11.3 Å². The molecule has 2 aromatic rings. The van der Waals surface area contributed by atoms with Crippen LogP contribution < -0.4 is 0 Å². The quantitative estimate of drug-likeness (QED) is 0.143. The number of carboxylic acid groups (broad SMARTS) is 1. The first-order valence-electron chi connectivity index (χ1n) is 14.4. The zero-order chi connectivity index (χ0) is 30.4. The summed E-state index contributed by atoms with van der Waals surface area (Å²) < 4.78 is 13.4. The van der Waals surface area contributed by atoms with Crippen molar-refractivity contribution in [2.75, 3.05) is 0 Å². The first-order valence-corrected chi connectivity index (χ1v) is 17.9. The summed E-state index contributed by atoms with van der Waals surface area (Å²) in [6.07, 6.45) is 7.45. The van der Waals surface area contributed by atoms with Crippen LogP contribution in [-0.4, -0.2) is 30.6 Å². The average molecular weight is 601 g/mol. The minimum absolute atomic E-state index is 0.214. The van der Waals surface area contributed by atoms with E-state index in [2.05, 4.69) is 106 Å². The molecule has 0 spiro atoms. The molecule has 2 rings (SSSR count). The fraction of sp³-hybridized carbons (Fsp3) is 0.545. The van der Waals surface area contributed by atoms with E-state index in [0.29, 0.717) is 0 Å². The van der Waals surface area contributed by atoms with Crippen molar-refractivity contribution in [1.82, 2.24) is 0 Å². The van der Waals surface area contributed by atoms with Crippen molar-refractivity contribution >= 4 is 42.4 Å². The zero-order valence-electron chi connectivity index (χ0n) is 26.7. The third-order valence-corrected chi connectivity index (χ3v) is 11.2. The Morgan fingerprint density at radius 2 is 1.40 bits per heavy atom. The molecule has 0 radical (unpaired) electrons. The number of rotatable bonds is 13. The lowest BCUT2D eigenvalue weighted by atomic mass is 9.84. The van der Waals surface area contributed by atoms with Gasteiger partial charge in [0.15, 0.2) is 19.5 Å². The lowest BCUT2D eigenvalue weighted by molar-refractivity contribution is -0.131. The second-order valence-corrected chi connectivity index (χ2v) is 20.5. The number of hydrogen-bond acceptors (Lipinski definition) is 4. The predicted octanol–water partition coefficient (Wildman–Crippen LogP) is 8.08. The first-order chi connectivity index (χ1) is 18.3. The summed E-state index contributed by atoms with van der Waals surface area (Å²) in [7, 11) is -1.48. The number of hydrogen-bond donors (Lipinski definition) is 1. The van der Waals surface area contributed by atoms with E-state index in [0.717, 1.165) is 24.8 Å².